The lowest BCUT2D eigenvalue weighted by atomic mass is 10.3. The van der Waals surface area contributed by atoms with Gasteiger partial charge in [-0.3, -0.25) is 4.72 Å². The van der Waals surface area contributed by atoms with Crippen LogP contribution in [0.3, 0.4) is 0 Å². The van der Waals surface area contributed by atoms with E-state index < -0.39 is 32.4 Å². The van der Waals surface area contributed by atoms with Gasteiger partial charge in [-0.2, -0.15) is 0 Å². The molecule has 0 amide bonds. The van der Waals surface area contributed by atoms with Crippen LogP contribution in [0.5, 0.6) is 0 Å². The largest absolute Gasteiger partial charge is 0.266 e. The maximum Gasteiger partial charge on any atom is 0.266 e. The molecule has 1 heterocycles. The zero-order valence-corrected chi connectivity index (χ0v) is 11.0. The molecule has 0 radical (unpaired) electrons. The van der Waals surface area contributed by atoms with Crippen molar-refractivity contribution in [2.45, 2.75) is 4.90 Å². The van der Waals surface area contributed by atoms with Crippen LogP contribution in [0.15, 0.2) is 29.4 Å². The standard InChI is InChI=1S/C10H5ClF3N3O2S/c11-7-3-8(16-4-15-7)17-20(18,19)6-2-1-5(12)9(13)10(6)14/h1-4H,(H,15,16,17). The number of sulfonamides is 1. The zero-order chi connectivity index (χ0) is 14.9. The predicted octanol–water partition coefficient (Wildman–Crippen LogP) is 2.35. The van der Waals surface area contributed by atoms with Crippen LogP contribution < -0.4 is 4.72 Å². The fraction of sp³-hybridized carbons (Fsp3) is 0. The van der Waals surface area contributed by atoms with E-state index in [1.54, 1.807) is 0 Å². The van der Waals surface area contributed by atoms with Gasteiger partial charge in [-0.25, -0.2) is 31.6 Å². The predicted molar refractivity (Wildman–Crippen MR) is 64.2 cm³/mol. The van der Waals surface area contributed by atoms with E-state index in [0.717, 1.165) is 12.4 Å². The van der Waals surface area contributed by atoms with E-state index in [4.69, 9.17) is 11.6 Å². The first kappa shape index (κ1) is 14.5. The van der Waals surface area contributed by atoms with Gasteiger partial charge in [-0.1, -0.05) is 11.6 Å². The van der Waals surface area contributed by atoms with Crippen molar-refractivity contribution in [2.75, 3.05) is 4.72 Å². The molecule has 0 fully saturated rings. The number of hydrogen-bond donors (Lipinski definition) is 1. The minimum atomic E-state index is -4.48. The Bertz CT molecular complexity index is 770. The molecule has 106 valence electrons. The number of nitrogens with one attached hydrogen (secondary N) is 1. The lowest BCUT2D eigenvalue weighted by Crippen LogP contribution is -2.16. The van der Waals surface area contributed by atoms with Gasteiger partial charge in [0.2, 0.25) is 0 Å². The molecule has 1 aromatic carbocycles. The Morgan fingerprint density at radius 1 is 1.10 bits per heavy atom. The Hall–Kier alpha value is -1.87. The quantitative estimate of drug-likeness (QED) is 0.695. The average Bonchev–Trinajstić information content (AvgIpc) is 2.35. The Kier molecular flexibility index (Phi) is 3.82. The van der Waals surface area contributed by atoms with Crippen LogP contribution in [0, 0.1) is 17.5 Å². The highest BCUT2D eigenvalue weighted by molar-refractivity contribution is 7.92. The van der Waals surface area contributed by atoms with Crippen molar-refractivity contribution in [3.8, 4) is 0 Å². The summed E-state index contributed by atoms with van der Waals surface area (Å²) in [6.07, 6.45) is 0.974. The maximum absolute atomic E-state index is 13.4. The average molecular weight is 324 g/mol. The highest BCUT2D eigenvalue weighted by Crippen LogP contribution is 2.22. The summed E-state index contributed by atoms with van der Waals surface area (Å²) in [5.74, 6) is -5.44. The number of nitrogens with zero attached hydrogens (tertiary/aromatic N) is 2. The van der Waals surface area contributed by atoms with Crippen molar-refractivity contribution in [1.29, 1.82) is 0 Å². The normalized spacial score (nSPS) is 11.4. The monoisotopic (exact) mass is 323 g/mol. The van der Waals surface area contributed by atoms with Gasteiger partial charge in [0, 0.05) is 6.07 Å². The van der Waals surface area contributed by atoms with E-state index in [1.165, 1.54) is 0 Å². The molecule has 2 aromatic rings. The van der Waals surface area contributed by atoms with E-state index in [9.17, 15) is 21.6 Å². The summed E-state index contributed by atoms with van der Waals surface area (Å²) in [6.45, 7) is 0. The summed E-state index contributed by atoms with van der Waals surface area (Å²) in [4.78, 5) is 6.02. The van der Waals surface area contributed by atoms with Crippen molar-refractivity contribution in [3.05, 3.63) is 47.1 Å². The van der Waals surface area contributed by atoms with Gasteiger partial charge in [0.15, 0.2) is 17.5 Å². The fourth-order valence-electron chi connectivity index (χ4n) is 1.30. The molecule has 5 nitrogen and oxygen atoms in total. The molecule has 0 bridgehead atoms. The molecule has 20 heavy (non-hydrogen) atoms. The first-order valence-corrected chi connectivity index (χ1v) is 6.81. The minimum Gasteiger partial charge on any atom is -0.263 e. The van der Waals surface area contributed by atoms with Gasteiger partial charge in [-0.15, -0.1) is 0 Å². The number of anilines is 1. The van der Waals surface area contributed by atoms with Crippen LogP contribution in [0.1, 0.15) is 0 Å². The molecule has 0 aliphatic carbocycles. The number of aromatic nitrogens is 2. The molecule has 2 rings (SSSR count). The second kappa shape index (κ2) is 5.25. The number of hydrogen-bond acceptors (Lipinski definition) is 4. The highest BCUT2D eigenvalue weighted by Gasteiger charge is 2.24. The lowest BCUT2D eigenvalue weighted by molar-refractivity contribution is 0.432. The summed E-state index contributed by atoms with van der Waals surface area (Å²) in [5, 5.41) is -0.0524. The van der Waals surface area contributed by atoms with Gasteiger partial charge >= 0.3 is 0 Å². The van der Waals surface area contributed by atoms with Crippen molar-refractivity contribution < 1.29 is 21.6 Å². The van der Waals surface area contributed by atoms with E-state index in [1.807, 2.05) is 4.72 Å². The van der Waals surface area contributed by atoms with Crippen LogP contribution in [0.4, 0.5) is 19.0 Å². The summed E-state index contributed by atoms with van der Waals surface area (Å²) >= 11 is 5.53. The van der Waals surface area contributed by atoms with Gasteiger partial charge in [0.25, 0.3) is 10.0 Å². The van der Waals surface area contributed by atoms with Crippen molar-refractivity contribution in [3.63, 3.8) is 0 Å². The third-order valence-corrected chi connectivity index (χ3v) is 3.74. The molecule has 1 N–H and O–H groups in total. The van der Waals surface area contributed by atoms with Crippen LogP contribution >= 0.6 is 11.6 Å². The molecule has 0 spiro atoms. The van der Waals surface area contributed by atoms with Crippen molar-refractivity contribution in [2.24, 2.45) is 0 Å². The summed E-state index contributed by atoms with van der Waals surface area (Å²) in [6, 6.07) is 2.16. The van der Waals surface area contributed by atoms with Crippen LogP contribution in [-0.2, 0) is 10.0 Å². The molecule has 0 saturated heterocycles. The second-order valence-corrected chi connectivity index (χ2v) is 5.54. The fourth-order valence-corrected chi connectivity index (χ4v) is 2.51. The molecule has 0 unspecified atom stereocenters. The molecule has 0 aliphatic heterocycles. The van der Waals surface area contributed by atoms with E-state index in [0.29, 0.717) is 12.1 Å². The Balaban J connectivity index is 2.44. The third kappa shape index (κ3) is 2.83. The summed E-state index contributed by atoms with van der Waals surface area (Å²) in [7, 11) is -4.48. The molecule has 0 aliphatic rings. The molecule has 0 saturated carbocycles. The van der Waals surface area contributed by atoms with E-state index >= 15 is 0 Å². The first-order valence-electron chi connectivity index (χ1n) is 4.95. The number of rotatable bonds is 3. The minimum absolute atomic E-state index is 0.0524. The smallest absolute Gasteiger partial charge is 0.263 e. The van der Waals surface area contributed by atoms with E-state index in [-0.39, 0.29) is 11.0 Å². The van der Waals surface area contributed by atoms with Gasteiger partial charge in [-0.05, 0) is 12.1 Å². The Labute approximate surface area is 116 Å². The summed E-state index contributed by atoms with van der Waals surface area (Å²) < 4.78 is 64.8. The third-order valence-electron chi connectivity index (χ3n) is 2.16. The van der Waals surface area contributed by atoms with Crippen LogP contribution in [0.25, 0.3) is 0 Å². The summed E-state index contributed by atoms with van der Waals surface area (Å²) in [5.41, 5.74) is 0. The first-order chi connectivity index (χ1) is 9.31. The van der Waals surface area contributed by atoms with Crippen LogP contribution in [0.2, 0.25) is 5.15 Å². The molecular formula is C10H5ClF3N3O2S. The van der Waals surface area contributed by atoms with Crippen molar-refractivity contribution in [1.82, 2.24) is 9.97 Å². The molecule has 10 heteroatoms. The topological polar surface area (TPSA) is 72.0 Å². The molecule has 0 atom stereocenters. The SMILES string of the molecule is O=S(=O)(Nc1cc(Cl)ncn1)c1ccc(F)c(F)c1F. The van der Waals surface area contributed by atoms with E-state index in [2.05, 4.69) is 9.97 Å². The Morgan fingerprint density at radius 2 is 1.80 bits per heavy atom. The zero-order valence-electron chi connectivity index (χ0n) is 9.44. The van der Waals surface area contributed by atoms with Gasteiger partial charge < -0.3 is 0 Å². The molecule has 1 aromatic heterocycles. The highest BCUT2D eigenvalue weighted by atomic mass is 35.5. The lowest BCUT2D eigenvalue weighted by Gasteiger charge is -2.08. The van der Waals surface area contributed by atoms with Gasteiger partial charge in [0.05, 0.1) is 0 Å². The Morgan fingerprint density at radius 3 is 2.45 bits per heavy atom. The maximum atomic E-state index is 13.4. The second-order valence-electron chi connectivity index (χ2n) is 3.50. The van der Waals surface area contributed by atoms with Crippen LogP contribution in [-0.4, -0.2) is 18.4 Å². The number of halogens is 4. The number of benzene rings is 1. The van der Waals surface area contributed by atoms with Crippen molar-refractivity contribution >= 4 is 27.4 Å². The molecular weight excluding hydrogens is 319 g/mol. The van der Waals surface area contributed by atoms with Gasteiger partial charge in [0.1, 0.15) is 22.2 Å².